The van der Waals surface area contributed by atoms with Crippen molar-refractivity contribution in [2.75, 3.05) is 33.6 Å². The summed E-state index contributed by atoms with van der Waals surface area (Å²) in [6.45, 7) is 2.28. The van der Waals surface area contributed by atoms with Crippen molar-refractivity contribution in [3.05, 3.63) is 29.8 Å². The molecular weight excluding hydrogens is 477 g/mol. The summed E-state index contributed by atoms with van der Waals surface area (Å²) in [7, 11) is 0.363. The number of hydrogen-bond donors (Lipinski definition) is 2. The van der Waals surface area contributed by atoms with E-state index in [1.165, 1.54) is 31.9 Å². The lowest BCUT2D eigenvalue weighted by Crippen LogP contribution is -2.43. The Bertz CT molecular complexity index is 699. The molecule has 1 aromatic rings. The minimum atomic E-state index is -3.15. The van der Waals surface area contributed by atoms with E-state index in [9.17, 15) is 8.42 Å². The summed E-state index contributed by atoms with van der Waals surface area (Å²) in [6.07, 6.45) is 7.31. The molecule has 0 radical (unpaired) electrons. The molecular formula is C19H32IN3O3S. The molecule has 0 spiro atoms. The maximum atomic E-state index is 11.5. The molecule has 0 aliphatic heterocycles. The van der Waals surface area contributed by atoms with Crippen LogP contribution < -0.4 is 10.6 Å². The summed E-state index contributed by atoms with van der Waals surface area (Å²) < 4.78 is 28.3. The van der Waals surface area contributed by atoms with Gasteiger partial charge in [-0.2, -0.15) is 0 Å². The lowest BCUT2D eigenvalue weighted by molar-refractivity contribution is 0.138. The fourth-order valence-corrected chi connectivity index (χ4v) is 4.12. The molecule has 8 heteroatoms. The molecule has 0 unspecified atom stereocenters. The second-order valence-corrected chi connectivity index (χ2v) is 9.16. The van der Waals surface area contributed by atoms with Gasteiger partial charge in [0.1, 0.15) is 0 Å². The average Bonchev–Trinajstić information content (AvgIpc) is 3.09. The standard InChI is InChI=1S/C19H31N3O3S.HI/c1-20-18(22-15-19(12-13-25-2)10-4-5-11-19)21-14-16-6-8-17(9-7-16)26(3,23)24;/h6-9H,4-5,10-15H2,1-3H3,(H2,20,21,22);1H. The number of sulfone groups is 1. The third-order valence-electron chi connectivity index (χ3n) is 5.17. The number of aliphatic imine (C=N–C) groups is 1. The summed E-state index contributed by atoms with van der Waals surface area (Å²) in [6, 6.07) is 6.93. The molecule has 0 aromatic heterocycles. The summed E-state index contributed by atoms with van der Waals surface area (Å²) in [5, 5.41) is 6.75. The minimum Gasteiger partial charge on any atom is -0.385 e. The molecule has 0 atom stereocenters. The molecule has 6 nitrogen and oxygen atoms in total. The lowest BCUT2D eigenvalue weighted by Gasteiger charge is -2.30. The smallest absolute Gasteiger partial charge is 0.191 e. The number of halogens is 1. The van der Waals surface area contributed by atoms with E-state index in [0.29, 0.717) is 16.9 Å². The summed E-state index contributed by atoms with van der Waals surface area (Å²) in [5.41, 5.74) is 1.31. The molecule has 1 fully saturated rings. The van der Waals surface area contributed by atoms with Gasteiger partial charge < -0.3 is 15.4 Å². The fourth-order valence-electron chi connectivity index (χ4n) is 3.49. The number of nitrogens with one attached hydrogen (secondary N) is 2. The average molecular weight is 509 g/mol. The molecule has 0 heterocycles. The van der Waals surface area contributed by atoms with Crippen LogP contribution in [0.3, 0.4) is 0 Å². The molecule has 2 N–H and O–H groups in total. The first-order chi connectivity index (χ1) is 12.4. The van der Waals surface area contributed by atoms with Crippen LogP contribution in [0.4, 0.5) is 0 Å². The topological polar surface area (TPSA) is 79.8 Å². The molecule has 1 aromatic carbocycles. The Morgan fingerprint density at radius 2 is 1.81 bits per heavy atom. The Labute approximate surface area is 180 Å². The number of nitrogens with zero attached hydrogens (tertiary/aromatic N) is 1. The zero-order valence-corrected chi connectivity index (χ0v) is 19.6. The van der Waals surface area contributed by atoms with Crippen molar-refractivity contribution >= 4 is 39.8 Å². The Morgan fingerprint density at radius 3 is 2.33 bits per heavy atom. The highest BCUT2D eigenvalue weighted by molar-refractivity contribution is 14.0. The van der Waals surface area contributed by atoms with E-state index < -0.39 is 9.84 Å². The number of rotatable bonds is 8. The maximum absolute atomic E-state index is 11.5. The summed E-state index contributed by atoms with van der Waals surface area (Å²) >= 11 is 0. The molecule has 1 saturated carbocycles. The third-order valence-corrected chi connectivity index (χ3v) is 6.30. The van der Waals surface area contributed by atoms with Gasteiger partial charge in [-0.3, -0.25) is 4.99 Å². The highest BCUT2D eigenvalue weighted by Crippen LogP contribution is 2.40. The van der Waals surface area contributed by atoms with E-state index in [0.717, 1.165) is 31.1 Å². The number of guanidine groups is 1. The first-order valence-corrected chi connectivity index (χ1v) is 11.0. The SMILES string of the molecule is CN=C(NCc1ccc(S(C)(=O)=O)cc1)NCC1(CCOC)CCCC1.I. The van der Waals surface area contributed by atoms with Crippen LogP contribution in [0.2, 0.25) is 0 Å². The lowest BCUT2D eigenvalue weighted by atomic mass is 9.83. The maximum Gasteiger partial charge on any atom is 0.191 e. The Hall–Kier alpha value is -0.870. The molecule has 1 aliphatic rings. The third kappa shape index (κ3) is 7.57. The predicted octanol–water partition coefficient (Wildman–Crippen LogP) is 2.97. The second-order valence-electron chi connectivity index (χ2n) is 7.15. The fraction of sp³-hybridized carbons (Fsp3) is 0.632. The van der Waals surface area contributed by atoms with Crippen molar-refractivity contribution in [1.29, 1.82) is 0 Å². The monoisotopic (exact) mass is 509 g/mol. The predicted molar refractivity (Wildman–Crippen MR) is 121 cm³/mol. The molecule has 1 aliphatic carbocycles. The van der Waals surface area contributed by atoms with Crippen LogP contribution >= 0.6 is 24.0 Å². The highest BCUT2D eigenvalue weighted by Gasteiger charge is 2.33. The molecule has 2 rings (SSSR count). The van der Waals surface area contributed by atoms with Gasteiger partial charge in [0.2, 0.25) is 0 Å². The molecule has 0 bridgehead atoms. The van der Waals surface area contributed by atoms with Gasteiger partial charge in [0.05, 0.1) is 4.90 Å². The molecule has 27 heavy (non-hydrogen) atoms. The normalized spacial score (nSPS) is 16.6. The van der Waals surface area contributed by atoms with Gasteiger partial charge in [-0.25, -0.2) is 8.42 Å². The Balaban J connectivity index is 0.00000364. The van der Waals surface area contributed by atoms with Crippen LogP contribution in [-0.2, 0) is 21.1 Å². The van der Waals surface area contributed by atoms with E-state index in [4.69, 9.17) is 4.74 Å². The quantitative estimate of drug-likeness (QED) is 0.320. The van der Waals surface area contributed by atoms with Crippen molar-refractivity contribution in [3.63, 3.8) is 0 Å². The first kappa shape index (κ1) is 24.2. The minimum absolute atomic E-state index is 0. The first-order valence-electron chi connectivity index (χ1n) is 9.11. The van der Waals surface area contributed by atoms with Crippen molar-refractivity contribution in [2.45, 2.75) is 43.5 Å². The molecule has 154 valence electrons. The van der Waals surface area contributed by atoms with Gasteiger partial charge in [-0.15, -0.1) is 24.0 Å². The summed E-state index contributed by atoms with van der Waals surface area (Å²) in [4.78, 5) is 4.64. The molecule has 0 amide bonds. The van der Waals surface area contributed by atoms with Gasteiger partial charge in [0.25, 0.3) is 0 Å². The van der Waals surface area contributed by atoms with Crippen LogP contribution in [0.15, 0.2) is 34.2 Å². The van der Waals surface area contributed by atoms with E-state index in [2.05, 4.69) is 15.6 Å². The van der Waals surface area contributed by atoms with Crippen molar-refractivity contribution in [2.24, 2.45) is 10.4 Å². The van der Waals surface area contributed by atoms with Gasteiger partial charge >= 0.3 is 0 Å². The van der Waals surface area contributed by atoms with Crippen LogP contribution in [0.25, 0.3) is 0 Å². The largest absolute Gasteiger partial charge is 0.385 e. The van der Waals surface area contributed by atoms with E-state index in [1.807, 2.05) is 12.1 Å². The number of hydrogen-bond acceptors (Lipinski definition) is 4. The highest BCUT2D eigenvalue weighted by atomic mass is 127. The van der Waals surface area contributed by atoms with Crippen LogP contribution in [-0.4, -0.2) is 47.9 Å². The van der Waals surface area contributed by atoms with Gasteiger partial charge in [-0.1, -0.05) is 25.0 Å². The van der Waals surface area contributed by atoms with Crippen molar-refractivity contribution < 1.29 is 13.2 Å². The van der Waals surface area contributed by atoms with Crippen LogP contribution in [0.5, 0.6) is 0 Å². The van der Waals surface area contributed by atoms with Crippen LogP contribution in [0.1, 0.15) is 37.7 Å². The van der Waals surface area contributed by atoms with Crippen molar-refractivity contribution in [1.82, 2.24) is 10.6 Å². The zero-order chi connectivity index (χ0) is 19.0. The number of methoxy groups -OCH3 is 1. The van der Waals surface area contributed by atoms with Gasteiger partial charge in [0, 0.05) is 40.1 Å². The number of ether oxygens (including phenoxy) is 1. The zero-order valence-electron chi connectivity index (χ0n) is 16.5. The van der Waals surface area contributed by atoms with E-state index in [-0.39, 0.29) is 24.0 Å². The molecule has 0 saturated heterocycles. The van der Waals surface area contributed by atoms with Crippen molar-refractivity contribution in [3.8, 4) is 0 Å². The van der Waals surface area contributed by atoms with Gasteiger partial charge in [-0.05, 0) is 42.4 Å². The van der Waals surface area contributed by atoms with E-state index >= 15 is 0 Å². The van der Waals surface area contributed by atoms with Gasteiger partial charge in [0.15, 0.2) is 15.8 Å². The summed E-state index contributed by atoms with van der Waals surface area (Å²) in [5.74, 6) is 0.765. The van der Waals surface area contributed by atoms with E-state index in [1.54, 1.807) is 26.3 Å². The Morgan fingerprint density at radius 1 is 1.19 bits per heavy atom. The second kappa shape index (κ2) is 11.2. The Kier molecular flexibility index (Phi) is 10.0. The number of benzene rings is 1. The van der Waals surface area contributed by atoms with Crippen LogP contribution in [0, 0.1) is 5.41 Å².